The van der Waals surface area contributed by atoms with Crippen molar-refractivity contribution >= 4 is 6.21 Å². The van der Waals surface area contributed by atoms with E-state index in [9.17, 15) is 5.11 Å². The molecular formula is C11H15NO. The summed E-state index contributed by atoms with van der Waals surface area (Å²) in [6, 6.07) is 7.17. The summed E-state index contributed by atoms with van der Waals surface area (Å²) in [5, 5.41) is 9.42. The molecule has 0 heterocycles. The fourth-order valence-corrected chi connectivity index (χ4v) is 0.860. The van der Waals surface area contributed by atoms with Crippen molar-refractivity contribution in [1.29, 1.82) is 0 Å². The predicted molar refractivity (Wildman–Crippen MR) is 55.5 cm³/mol. The predicted octanol–water partition coefficient (Wildman–Crippen LogP) is 2.61. The highest BCUT2D eigenvalue weighted by Gasteiger charge is 2.05. The first kappa shape index (κ1) is 9.78. The smallest absolute Gasteiger partial charge is 0.124 e. The zero-order valence-corrected chi connectivity index (χ0v) is 8.28. The summed E-state index contributed by atoms with van der Waals surface area (Å²) in [6.45, 7) is 6.05. The molecule has 0 atom stereocenters. The summed E-state index contributed by atoms with van der Waals surface area (Å²) in [4.78, 5) is 4.30. The summed E-state index contributed by atoms with van der Waals surface area (Å²) in [5.41, 5.74) is 0.667. The van der Waals surface area contributed by atoms with Crippen LogP contribution in [0, 0.1) is 0 Å². The SMILES string of the molecule is CC(C)(C)/N=C\c1ccccc1O. The maximum Gasteiger partial charge on any atom is 0.124 e. The minimum Gasteiger partial charge on any atom is -0.507 e. The molecule has 1 aromatic rings. The summed E-state index contributed by atoms with van der Waals surface area (Å²) in [6.07, 6.45) is 1.70. The number of phenolic OH excluding ortho intramolecular Hbond substituents is 1. The molecule has 0 aliphatic heterocycles. The van der Waals surface area contributed by atoms with Crippen LogP contribution in [0.25, 0.3) is 0 Å². The van der Waals surface area contributed by atoms with E-state index in [0.29, 0.717) is 0 Å². The van der Waals surface area contributed by atoms with Crippen molar-refractivity contribution in [3.05, 3.63) is 29.8 Å². The normalized spacial score (nSPS) is 12.2. The van der Waals surface area contributed by atoms with E-state index in [1.807, 2.05) is 32.9 Å². The van der Waals surface area contributed by atoms with Crippen LogP contribution in [-0.2, 0) is 0 Å². The van der Waals surface area contributed by atoms with Gasteiger partial charge in [-0.3, -0.25) is 4.99 Å². The number of rotatable bonds is 1. The van der Waals surface area contributed by atoms with Crippen LogP contribution in [0.2, 0.25) is 0 Å². The lowest BCUT2D eigenvalue weighted by molar-refractivity contribution is 0.474. The molecule has 1 rings (SSSR count). The molecule has 0 saturated heterocycles. The van der Waals surface area contributed by atoms with Crippen LogP contribution in [0.5, 0.6) is 5.75 Å². The topological polar surface area (TPSA) is 32.6 Å². The Hall–Kier alpha value is -1.31. The standard InChI is InChI=1S/C11H15NO/c1-11(2,3)12-8-9-6-4-5-7-10(9)13/h4-8,13H,1-3H3/b12-8-. The average molecular weight is 177 g/mol. The quantitative estimate of drug-likeness (QED) is 0.657. The maximum atomic E-state index is 9.42. The third-order valence-electron chi connectivity index (χ3n) is 1.53. The minimum absolute atomic E-state index is 0.0950. The van der Waals surface area contributed by atoms with Crippen LogP contribution in [-0.4, -0.2) is 16.9 Å². The highest BCUT2D eigenvalue weighted by Crippen LogP contribution is 2.14. The molecule has 0 amide bonds. The van der Waals surface area contributed by atoms with Crippen molar-refractivity contribution in [3.8, 4) is 5.75 Å². The number of aliphatic imine (C=N–C) groups is 1. The zero-order valence-electron chi connectivity index (χ0n) is 8.28. The van der Waals surface area contributed by atoms with E-state index in [0.717, 1.165) is 5.56 Å². The molecule has 0 radical (unpaired) electrons. The van der Waals surface area contributed by atoms with E-state index in [1.165, 1.54) is 0 Å². The highest BCUT2D eigenvalue weighted by atomic mass is 16.3. The molecule has 0 spiro atoms. The Kier molecular flexibility index (Phi) is 2.71. The molecule has 0 fully saturated rings. The van der Waals surface area contributed by atoms with Crippen LogP contribution < -0.4 is 0 Å². The van der Waals surface area contributed by atoms with Crippen molar-refractivity contribution in [2.45, 2.75) is 26.3 Å². The molecule has 0 saturated carbocycles. The molecule has 2 heteroatoms. The van der Waals surface area contributed by atoms with Crippen LogP contribution >= 0.6 is 0 Å². The van der Waals surface area contributed by atoms with Gasteiger partial charge in [-0.1, -0.05) is 12.1 Å². The van der Waals surface area contributed by atoms with Gasteiger partial charge in [0.2, 0.25) is 0 Å². The van der Waals surface area contributed by atoms with Crippen molar-refractivity contribution < 1.29 is 5.11 Å². The van der Waals surface area contributed by atoms with Gasteiger partial charge < -0.3 is 5.11 Å². The molecule has 70 valence electrons. The molecule has 0 aromatic heterocycles. The van der Waals surface area contributed by atoms with Crippen molar-refractivity contribution in [1.82, 2.24) is 0 Å². The molecule has 0 aliphatic carbocycles. The van der Waals surface area contributed by atoms with E-state index in [-0.39, 0.29) is 11.3 Å². The Bertz CT molecular complexity index is 310. The number of hydrogen-bond acceptors (Lipinski definition) is 2. The second kappa shape index (κ2) is 3.60. The summed E-state index contributed by atoms with van der Waals surface area (Å²) in [7, 11) is 0. The van der Waals surface area contributed by atoms with Crippen molar-refractivity contribution in [2.24, 2.45) is 4.99 Å². The van der Waals surface area contributed by atoms with Gasteiger partial charge in [0.1, 0.15) is 5.75 Å². The Morgan fingerprint density at radius 1 is 1.23 bits per heavy atom. The van der Waals surface area contributed by atoms with Gasteiger partial charge >= 0.3 is 0 Å². The fourth-order valence-electron chi connectivity index (χ4n) is 0.860. The van der Waals surface area contributed by atoms with E-state index < -0.39 is 0 Å². The maximum absolute atomic E-state index is 9.42. The van der Waals surface area contributed by atoms with Crippen LogP contribution in [0.3, 0.4) is 0 Å². The van der Waals surface area contributed by atoms with Crippen LogP contribution in [0.4, 0.5) is 0 Å². The first-order valence-electron chi connectivity index (χ1n) is 4.32. The Balaban J connectivity index is 2.86. The lowest BCUT2D eigenvalue weighted by Gasteiger charge is -2.10. The van der Waals surface area contributed by atoms with Gasteiger partial charge in [-0.05, 0) is 32.9 Å². The van der Waals surface area contributed by atoms with E-state index >= 15 is 0 Å². The molecular weight excluding hydrogens is 162 g/mol. The summed E-state index contributed by atoms with van der Waals surface area (Å²) >= 11 is 0. The van der Waals surface area contributed by atoms with Gasteiger partial charge in [-0.15, -0.1) is 0 Å². The molecule has 0 bridgehead atoms. The van der Waals surface area contributed by atoms with Crippen LogP contribution in [0.15, 0.2) is 29.3 Å². The van der Waals surface area contributed by atoms with Gasteiger partial charge in [0.05, 0.1) is 5.54 Å². The lowest BCUT2D eigenvalue weighted by atomic mass is 10.1. The first-order chi connectivity index (χ1) is 5.99. The third-order valence-corrected chi connectivity index (χ3v) is 1.53. The Labute approximate surface area is 78.9 Å². The van der Waals surface area contributed by atoms with Crippen LogP contribution in [0.1, 0.15) is 26.3 Å². The number of aromatic hydroxyl groups is 1. The van der Waals surface area contributed by atoms with Gasteiger partial charge in [-0.25, -0.2) is 0 Å². The van der Waals surface area contributed by atoms with Gasteiger partial charge in [0, 0.05) is 11.8 Å². The monoisotopic (exact) mass is 177 g/mol. The molecule has 1 aromatic carbocycles. The van der Waals surface area contributed by atoms with E-state index in [4.69, 9.17) is 0 Å². The number of hydrogen-bond donors (Lipinski definition) is 1. The number of benzene rings is 1. The Morgan fingerprint density at radius 3 is 2.38 bits per heavy atom. The van der Waals surface area contributed by atoms with Gasteiger partial charge in [-0.2, -0.15) is 0 Å². The average Bonchev–Trinajstić information content (AvgIpc) is 2.01. The highest BCUT2D eigenvalue weighted by molar-refractivity contribution is 5.83. The second-order valence-electron chi connectivity index (χ2n) is 3.99. The van der Waals surface area contributed by atoms with E-state index in [2.05, 4.69) is 4.99 Å². The Morgan fingerprint density at radius 2 is 1.85 bits per heavy atom. The molecule has 13 heavy (non-hydrogen) atoms. The zero-order chi connectivity index (χ0) is 9.90. The molecule has 0 unspecified atom stereocenters. The lowest BCUT2D eigenvalue weighted by Crippen LogP contribution is -2.09. The molecule has 0 aliphatic rings. The largest absolute Gasteiger partial charge is 0.507 e. The molecule has 1 N–H and O–H groups in total. The van der Waals surface area contributed by atoms with Crippen molar-refractivity contribution in [3.63, 3.8) is 0 Å². The summed E-state index contributed by atoms with van der Waals surface area (Å²) < 4.78 is 0. The minimum atomic E-state index is -0.0950. The number of para-hydroxylation sites is 1. The van der Waals surface area contributed by atoms with Gasteiger partial charge in [0.15, 0.2) is 0 Å². The first-order valence-corrected chi connectivity index (χ1v) is 4.32. The van der Waals surface area contributed by atoms with Crippen molar-refractivity contribution in [2.75, 3.05) is 0 Å². The van der Waals surface area contributed by atoms with Gasteiger partial charge in [0.25, 0.3) is 0 Å². The third kappa shape index (κ3) is 3.28. The summed E-state index contributed by atoms with van der Waals surface area (Å²) in [5.74, 6) is 0.274. The van der Waals surface area contributed by atoms with E-state index in [1.54, 1.807) is 18.3 Å². The second-order valence-corrected chi connectivity index (χ2v) is 3.99. The number of nitrogens with zero attached hydrogens (tertiary/aromatic N) is 1. The fraction of sp³-hybridized carbons (Fsp3) is 0.364. The molecule has 2 nitrogen and oxygen atoms in total. The number of phenols is 1.